The Labute approximate surface area is 113 Å². The number of hydrogen-bond donors (Lipinski definition) is 2. The molecule has 0 aliphatic heterocycles. The third kappa shape index (κ3) is 2.41. The van der Waals surface area contributed by atoms with Crippen LogP contribution in [0.1, 0.15) is 21.7 Å². The second kappa shape index (κ2) is 4.86. The van der Waals surface area contributed by atoms with Gasteiger partial charge in [-0.25, -0.2) is 0 Å². The Morgan fingerprint density at radius 3 is 2.67 bits per heavy atom. The molecule has 18 heavy (non-hydrogen) atoms. The van der Waals surface area contributed by atoms with Crippen LogP contribution in [0.5, 0.6) is 0 Å². The number of aryl methyl sites for hydroxylation is 2. The highest BCUT2D eigenvalue weighted by molar-refractivity contribution is 9.10. The second-order valence-electron chi connectivity index (χ2n) is 4.10. The van der Waals surface area contributed by atoms with Crippen LogP contribution in [0.2, 0.25) is 0 Å². The van der Waals surface area contributed by atoms with Gasteiger partial charge in [-0.2, -0.15) is 0 Å². The van der Waals surface area contributed by atoms with E-state index in [4.69, 9.17) is 10.2 Å². The fraction of sp³-hybridized carbons (Fsp3) is 0.154. The summed E-state index contributed by atoms with van der Waals surface area (Å²) >= 11 is 3.38. The number of benzene rings is 1. The molecule has 1 aromatic carbocycles. The number of halogens is 1. The van der Waals surface area contributed by atoms with Crippen LogP contribution < -0.4 is 11.1 Å². The Morgan fingerprint density at radius 1 is 1.39 bits per heavy atom. The molecule has 0 unspecified atom stereocenters. The van der Waals surface area contributed by atoms with Gasteiger partial charge in [-0.3, -0.25) is 4.79 Å². The highest BCUT2D eigenvalue weighted by atomic mass is 79.9. The lowest BCUT2D eigenvalue weighted by Crippen LogP contribution is -2.14. The van der Waals surface area contributed by atoms with Crippen LogP contribution in [-0.2, 0) is 0 Å². The highest BCUT2D eigenvalue weighted by Crippen LogP contribution is 2.30. The zero-order valence-corrected chi connectivity index (χ0v) is 11.7. The van der Waals surface area contributed by atoms with Crippen LogP contribution in [0.4, 0.5) is 11.4 Å². The third-order valence-electron chi connectivity index (χ3n) is 2.57. The number of hydrogen-bond acceptors (Lipinski definition) is 3. The van der Waals surface area contributed by atoms with Crippen molar-refractivity contribution in [2.24, 2.45) is 0 Å². The third-order valence-corrected chi connectivity index (χ3v) is 3.20. The minimum absolute atomic E-state index is 0.293. The van der Waals surface area contributed by atoms with Crippen molar-refractivity contribution in [1.29, 1.82) is 0 Å². The molecule has 2 rings (SSSR count). The van der Waals surface area contributed by atoms with E-state index in [1.165, 1.54) is 6.26 Å². The zero-order chi connectivity index (χ0) is 13.3. The molecule has 5 heteroatoms. The van der Waals surface area contributed by atoms with E-state index in [0.717, 1.165) is 15.6 Å². The van der Waals surface area contributed by atoms with Gasteiger partial charge in [-0.05, 0) is 53.5 Å². The second-order valence-corrected chi connectivity index (χ2v) is 4.95. The number of nitrogens with two attached hydrogens (primary N) is 1. The highest BCUT2D eigenvalue weighted by Gasteiger charge is 2.15. The van der Waals surface area contributed by atoms with Crippen molar-refractivity contribution in [1.82, 2.24) is 0 Å². The van der Waals surface area contributed by atoms with Crippen LogP contribution in [-0.4, -0.2) is 5.91 Å². The van der Waals surface area contributed by atoms with Crippen LogP contribution in [0.25, 0.3) is 0 Å². The molecule has 1 heterocycles. The summed E-state index contributed by atoms with van der Waals surface area (Å²) in [7, 11) is 0. The van der Waals surface area contributed by atoms with Gasteiger partial charge in [0.05, 0.1) is 17.6 Å². The Hall–Kier alpha value is -1.75. The van der Waals surface area contributed by atoms with Crippen LogP contribution >= 0.6 is 15.9 Å². The predicted molar refractivity (Wildman–Crippen MR) is 74.7 cm³/mol. The Morgan fingerprint density at radius 2 is 2.11 bits per heavy atom. The normalized spacial score (nSPS) is 10.4. The standard InChI is InChI=1S/C13H13BrN2O2/c1-7-5-9(14)11(10(15)6-7)16-13(17)12-8(2)3-4-18-12/h3-6H,15H2,1-2H3,(H,16,17). The first-order valence-corrected chi connectivity index (χ1v) is 6.19. The lowest BCUT2D eigenvalue weighted by Gasteiger charge is -2.10. The van der Waals surface area contributed by atoms with Crippen molar-refractivity contribution >= 4 is 33.2 Å². The van der Waals surface area contributed by atoms with Gasteiger partial charge in [0.15, 0.2) is 5.76 Å². The van der Waals surface area contributed by atoms with E-state index in [0.29, 0.717) is 17.1 Å². The lowest BCUT2D eigenvalue weighted by atomic mass is 10.2. The molecule has 0 atom stereocenters. The first kappa shape index (κ1) is 12.7. The van der Waals surface area contributed by atoms with Crippen LogP contribution in [0.15, 0.2) is 33.4 Å². The number of nitrogens with one attached hydrogen (secondary N) is 1. The molecular weight excluding hydrogens is 296 g/mol. The van der Waals surface area contributed by atoms with Crippen LogP contribution in [0.3, 0.4) is 0 Å². The average molecular weight is 309 g/mol. The molecule has 3 N–H and O–H groups in total. The SMILES string of the molecule is Cc1cc(N)c(NC(=O)c2occc2C)c(Br)c1. The fourth-order valence-electron chi connectivity index (χ4n) is 1.68. The maximum Gasteiger partial charge on any atom is 0.291 e. The number of rotatable bonds is 2. The van der Waals surface area contributed by atoms with E-state index in [1.54, 1.807) is 12.1 Å². The summed E-state index contributed by atoms with van der Waals surface area (Å²) in [6.45, 7) is 3.75. The van der Waals surface area contributed by atoms with Crippen molar-refractivity contribution in [3.63, 3.8) is 0 Å². The number of carbonyl (C=O) groups is 1. The van der Waals surface area contributed by atoms with Gasteiger partial charge >= 0.3 is 0 Å². The summed E-state index contributed by atoms with van der Waals surface area (Å²) in [4.78, 5) is 12.0. The first-order chi connectivity index (χ1) is 8.49. The van der Waals surface area contributed by atoms with E-state index >= 15 is 0 Å². The van der Waals surface area contributed by atoms with E-state index in [1.807, 2.05) is 19.9 Å². The van der Waals surface area contributed by atoms with Gasteiger partial charge < -0.3 is 15.5 Å². The number of amides is 1. The first-order valence-electron chi connectivity index (χ1n) is 5.40. The molecule has 1 amide bonds. The molecule has 0 saturated carbocycles. The number of furan rings is 1. The molecule has 0 saturated heterocycles. The quantitative estimate of drug-likeness (QED) is 0.834. The molecular formula is C13H13BrN2O2. The molecule has 94 valence electrons. The van der Waals surface area contributed by atoms with E-state index in [2.05, 4.69) is 21.2 Å². The van der Waals surface area contributed by atoms with Crippen molar-refractivity contribution in [2.45, 2.75) is 13.8 Å². The van der Waals surface area contributed by atoms with Gasteiger partial charge in [-0.15, -0.1) is 0 Å². The minimum atomic E-state index is -0.311. The van der Waals surface area contributed by atoms with Gasteiger partial charge in [-0.1, -0.05) is 0 Å². The Bertz CT molecular complexity index is 582. The number of anilines is 2. The van der Waals surface area contributed by atoms with E-state index in [9.17, 15) is 4.79 Å². The van der Waals surface area contributed by atoms with Gasteiger partial charge in [0.1, 0.15) is 0 Å². The number of nitrogen functional groups attached to an aromatic ring is 1. The largest absolute Gasteiger partial charge is 0.459 e. The summed E-state index contributed by atoms with van der Waals surface area (Å²) in [6, 6.07) is 5.43. The Balaban J connectivity index is 2.31. The van der Waals surface area contributed by atoms with Crippen LogP contribution in [0, 0.1) is 13.8 Å². The van der Waals surface area contributed by atoms with Gasteiger partial charge in [0.2, 0.25) is 0 Å². The lowest BCUT2D eigenvalue weighted by molar-refractivity contribution is 0.0996. The zero-order valence-electron chi connectivity index (χ0n) is 10.1. The molecule has 0 radical (unpaired) electrons. The van der Waals surface area contributed by atoms with Crippen molar-refractivity contribution in [3.05, 3.63) is 45.8 Å². The minimum Gasteiger partial charge on any atom is -0.459 e. The van der Waals surface area contributed by atoms with Crippen molar-refractivity contribution < 1.29 is 9.21 Å². The van der Waals surface area contributed by atoms with Crippen molar-refractivity contribution in [2.75, 3.05) is 11.1 Å². The molecule has 0 spiro atoms. The van der Waals surface area contributed by atoms with Gasteiger partial charge in [0, 0.05) is 10.0 Å². The molecule has 0 bridgehead atoms. The molecule has 0 fully saturated rings. The van der Waals surface area contributed by atoms with Crippen molar-refractivity contribution in [3.8, 4) is 0 Å². The summed E-state index contributed by atoms with van der Waals surface area (Å²) in [5.74, 6) is -0.0179. The van der Waals surface area contributed by atoms with E-state index < -0.39 is 0 Å². The van der Waals surface area contributed by atoms with E-state index in [-0.39, 0.29) is 5.91 Å². The maximum atomic E-state index is 12.0. The average Bonchev–Trinajstić information content (AvgIpc) is 2.69. The smallest absolute Gasteiger partial charge is 0.291 e. The molecule has 4 nitrogen and oxygen atoms in total. The topological polar surface area (TPSA) is 68.3 Å². The maximum absolute atomic E-state index is 12.0. The monoisotopic (exact) mass is 308 g/mol. The summed E-state index contributed by atoms with van der Waals surface area (Å²) < 4.78 is 5.88. The summed E-state index contributed by atoms with van der Waals surface area (Å²) in [5, 5.41) is 2.74. The fourth-order valence-corrected chi connectivity index (χ4v) is 2.37. The summed E-state index contributed by atoms with van der Waals surface area (Å²) in [6.07, 6.45) is 1.48. The predicted octanol–water partition coefficient (Wildman–Crippen LogP) is 3.49. The van der Waals surface area contributed by atoms with Gasteiger partial charge in [0.25, 0.3) is 5.91 Å². The Kier molecular flexibility index (Phi) is 3.43. The molecule has 1 aromatic heterocycles. The summed E-state index contributed by atoms with van der Waals surface area (Å²) in [5.41, 5.74) is 8.76. The molecule has 0 aliphatic carbocycles. The number of carbonyl (C=O) groups excluding carboxylic acids is 1. The molecule has 0 aliphatic rings. The molecule has 2 aromatic rings.